The Balaban J connectivity index is 2.42. The van der Waals surface area contributed by atoms with Crippen molar-refractivity contribution in [1.82, 2.24) is 9.71 Å². The summed E-state index contributed by atoms with van der Waals surface area (Å²) >= 11 is 3.37. The molecule has 0 spiro atoms. The van der Waals surface area contributed by atoms with E-state index in [9.17, 15) is 0 Å². The normalized spacial score (nSPS) is 10.2. The fourth-order valence-corrected chi connectivity index (χ4v) is 1.78. The fourth-order valence-electron chi connectivity index (χ4n) is 0.621. The smallest absolute Gasteiger partial charge is 0.0897 e. The van der Waals surface area contributed by atoms with Gasteiger partial charge < -0.3 is 0 Å². The second-order valence-corrected chi connectivity index (χ2v) is 3.90. The van der Waals surface area contributed by atoms with Crippen molar-refractivity contribution >= 4 is 23.3 Å². The predicted octanol–water partition coefficient (Wildman–Crippen LogP) is 1.82. The van der Waals surface area contributed by atoms with Crippen LogP contribution in [0.4, 0.5) is 0 Å². The summed E-state index contributed by atoms with van der Waals surface area (Å²) in [6.07, 6.45) is 0. The highest BCUT2D eigenvalue weighted by Crippen LogP contribution is 2.12. The first-order valence-corrected chi connectivity index (χ1v) is 4.89. The minimum atomic E-state index is 0.959. The SMILES string of the molecule is CNSCc1csc(C)n1. The average molecular weight is 174 g/mol. The molecule has 0 fully saturated rings. The van der Waals surface area contributed by atoms with E-state index in [1.807, 2.05) is 14.0 Å². The van der Waals surface area contributed by atoms with Gasteiger partial charge in [-0.3, -0.25) is 4.72 Å². The molecule has 1 N–H and O–H groups in total. The molecule has 0 amide bonds. The van der Waals surface area contributed by atoms with Crippen molar-refractivity contribution in [3.63, 3.8) is 0 Å². The summed E-state index contributed by atoms with van der Waals surface area (Å²) in [6, 6.07) is 0. The van der Waals surface area contributed by atoms with E-state index in [4.69, 9.17) is 0 Å². The van der Waals surface area contributed by atoms with Gasteiger partial charge in [-0.2, -0.15) is 0 Å². The molecule has 1 aromatic rings. The molecule has 0 aliphatic heterocycles. The number of aromatic nitrogens is 1. The number of hydrogen-bond acceptors (Lipinski definition) is 4. The van der Waals surface area contributed by atoms with Gasteiger partial charge in [0.2, 0.25) is 0 Å². The lowest BCUT2D eigenvalue weighted by Gasteiger charge is -1.92. The maximum Gasteiger partial charge on any atom is 0.0897 e. The Bertz CT molecular complexity index is 197. The van der Waals surface area contributed by atoms with E-state index in [2.05, 4.69) is 15.1 Å². The van der Waals surface area contributed by atoms with Crippen LogP contribution in [0.5, 0.6) is 0 Å². The lowest BCUT2D eigenvalue weighted by Crippen LogP contribution is -1.92. The van der Waals surface area contributed by atoms with Crippen LogP contribution in [0.15, 0.2) is 5.38 Å². The van der Waals surface area contributed by atoms with E-state index in [0.717, 1.165) is 10.8 Å². The number of aryl methyl sites for hydroxylation is 1. The van der Waals surface area contributed by atoms with Crippen LogP contribution in [0.3, 0.4) is 0 Å². The van der Waals surface area contributed by atoms with Gasteiger partial charge in [0.25, 0.3) is 0 Å². The number of nitrogens with zero attached hydrogens (tertiary/aromatic N) is 1. The maximum atomic E-state index is 4.31. The minimum Gasteiger partial charge on any atom is -0.267 e. The zero-order valence-corrected chi connectivity index (χ0v) is 7.68. The highest BCUT2D eigenvalue weighted by atomic mass is 32.2. The van der Waals surface area contributed by atoms with Crippen molar-refractivity contribution in [2.45, 2.75) is 12.7 Å². The summed E-state index contributed by atoms with van der Waals surface area (Å²) in [5.74, 6) is 0.959. The maximum absolute atomic E-state index is 4.31. The van der Waals surface area contributed by atoms with E-state index in [-0.39, 0.29) is 0 Å². The quantitative estimate of drug-likeness (QED) is 0.708. The Morgan fingerprint density at radius 3 is 3.10 bits per heavy atom. The van der Waals surface area contributed by atoms with E-state index in [1.165, 1.54) is 5.69 Å². The van der Waals surface area contributed by atoms with E-state index < -0.39 is 0 Å². The average Bonchev–Trinajstić information content (AvgIpc) is 2.31. The molecule has 0 aliphatic carbocycles. The molecule has 0 bridgehead atoms. The van der Waals surface area contributed by atoms with E-state index in [0.29, 0.717) is 0 Å². The van der Waals surface area contributed by atoms with Gasteiger partial charge in [-0.15, -0.1) is 11.3 Å². The van der Waals surface area contributed by atoms with E-state index >= 15 is 0 Å². The topological polar surface area (TPSA) is 24.9 Å². The molecule has 1 heterocycles. The van der Waals surface area contributed by atoms with Crippen LogP contribution in [-0.4, -0.2) is 12.0 Å². The Morgan fingerprint density at radius 2 is 2.60 bits per heavy atom. The van der Waals surface area contributed by atoms with Gasteiger partial charge in [-0.05, 0) is 14.0 Å². The molecule has 0 saturated carbocycles. The van der Waals surface area contributed by atoms with Crippen molar-refractivity contribution in [3.05, 3.63) is 16.1 Å². The number of nitrogens with one attached hydrogen (secondary N) is 1. The summed E-state index contributed by atoms with van der Waals surface area (Å²) in [5.41, 5.74) is 1.17. The largest absolute Gasteiger partial charge is 0.267 e. The summed E-state index contributed by atoms with van der Waals surface area (Å²) < 4.78 is 3.01. The molecule has 0 unspecified atom stereocenters. The summed E-state index contributed by atoms with van der Waals surface area (Å²) in [4.78, 5) is 4.31. The van der Waals surface area contributed by atoms with Crippen LogP contribution in [0, 0.1) is 6.92 Å². The molecule has 2 nitrogen and oxygen atoms in total. The molecule has 1 aromatic heterocycles. The van der Waals surface area contributed by atoms with Gasteiger partial charge in [0.1, 0.15) is 0 Å². The van der Waals surface area contributed by atoms with E-state index in [1.54, 1.807) is 23.3 Å². The first-order valence-electron chi connectivity index (χ1n) is 3.02. The number of rotatable bonds is 3. The van der Waals surface area contributed by atoms with Crippen LogP contribution in [0.25, 0.3) is 0 Å². The van der Waals surface area contributed by atoms with Crippen molar-refractivity contribution in [1.29, 1.82) is 0 Å². The summed E-state index contributed by atoms with van der Waals surface area (Å²) in [6.45, 7) is 2.03. The Hall–Kier alpha value is -0.0600. The van der Waals surface area contributed by atoms with Crippen molar-refractivity contribution in [2.75, 3.05) is 7.05 Å². The second kappa shape index (κ2) is 3.95. The third-order valence-electron chi connectivity index (χ3n) is 1.03. The molecule has 10 heavy (non-hydrogen) atoms. The van der Waals surface area contributed by atoms with Gasteiger partial charge in [-0.1, -0.05) is 11.9 Å². The van der Waals surface area contributed by atoms with Crippen LogP contribution in [0.1, 0.15) is 10.7 Å². The fraction of sp³-hybridized carbons (Fsp3) is 0.500. The molecule has 0 aromatic carbocycles. The van der Waals surface area contributed by atoms with Crippen LogP contribution in [0.2, 0.25) is 0 Å². The Morgan fingerprint density at radius 1 is 1.80 bits per heavy atom. The molecular weight excluding hydrogens is 164 g/mol. The molecule has 4 heteroatoms. The lowest BCUT2D eigenvalue weighted by atomic mass is 10.6. The van der Waals surface area contributed by atoms with Gasteiger partial charge in [0.15, 0.2) is 0 Å². The van der Waals surface area contributed by atoms with Crippen molar-refractivity contribution < 1.29 is 0 Å². The molecule has 0 saturated heterocycles. The van der Waals surface area contributed by atoms with Crippen LogP contribution < -0.4 is 4.72 Å². The van der Waals surface area contributed by atoms with Gasteiger partial charge in [-0.25, -0.2) is 4.98 Å². The van der Waals surface area contributed by atoms with Gasteiger partial charge in [0, 0.05) is 5.38 Å². The first kappa shape index (κ1) is 8.04. The zero-order valence-electron chi connectivity index (χ0n) is 6.05. The van der Waals surface area contributed by atoms with Crippen molar-refractivity contribution in [2.24, 2.45) is 0 Å². The summed E-state index contributed by atoms with van der Waals surface area (Å²) in [7, 11) is 1.92. The minimum absolute atomic E-state index is 0.959. The Kier molecular flexibility index (Phi) is 3.18. The second-order valence-electron chi connectivity index (χ2n) is 1.85. The standard InChI is InChI=1S/C6H10N2S2/c1-5-8-6(3-9-5)4-10-7-2/h3,7H,4H2,1-2H3. The van der Waals surface area contributed by atoms with Crippen LogP contribution >= 0.6 is 23.3 Å². The molecule has 1 rings (SSSR count). The molecule has 0 aliphatic rings. The van der Waals surface area contributed by atoms with Gasteiger partial charge >= 0.3 is 0 Å². The first-order chi connectivity index (χ1) is 4.83. The monoisotopic (exact) mass is 174 g/mol. The third-order valence-corrected chi connectivity index (χ3v) is 2.58. The van der Waals surface area contributed by atoms with Crippen LogP contribution in [-0.2, 0) is 5.75 Å². The number of hydrogen-bond donors (Lipinski definition) is 1. The molecule has 0 radical (unpaired) electrons. The zero-order chi connectivity index (χ0) is 7.40. The molecular formula is C6H10N2S2. The lowest BCUT2D eigenvalue weighted by molar-refractivity contribution is 1.16. The third kappa shape index (κ3) is 2.28. The Labute approximate surface area is 69.2 Å². The summed E-state index contributed by atoms with van der Waals surface area (Å²) in [5, 5.41) is 3.24. The van der Waals surface area contributed by atoms with Gasteiger partial charge in [0.05, 0.1) is 16.5 Å². The highest BCUT2D eigenvalue weighted by molar-refractivity contribution is 7.96. The predicted molar refractivity (Wildman–Crippen MR) is 47.2 cm³/mol. The molecule has 56 valence electrons. The number of thiazole rings is 1. The van der Waals surface area contributed by atoms with Crippen molar-refractivity contribution in [3.8, 4) is 0 Å². The highest BCUT2D eigenvalue weighted by Gasteiger charge is 1.95. The molecule has 0 atom stereocenters.